The molecular formula is C15H19ClN2S. The van der Waals surface area contributed by atoms with Crippen LogP contribution in [0.1, 0.15) is 42.6 Å². The largest absolute Gasteiger partial charge is 0.326 e. The van der Waals surface area contributed by atoms with Gasteiger partial charge in [-0.3, -0.25) is 0 Å². The van der Waals surface area contributed by atoms with Gasteiger partial charge in [0.05, 0.1) is 10.7 Å². The molecule has 0 amide bonds. The van der Waals surface area contributed by atoms with E-state index in [9.17, 15) is 0 Å². The molecule has 19 heavy (non-hydrogen) atoms. The van der Waals surface area contributed by atoms with Gasteiger partial charge in [0.1, 0.15) is 0 Å². The second kappa shape index (κ2) is 5.61. The van der Waals surface area contributed by atoms with Crippen LogP contribution in [0.15, 0.2) is 23.6 Å². The molecule has 0 aliphatic rings. The minimum absolute atomic E-state index is 0.107. The number of rotatable bonds is 3. The molecule has 0 spiro atoms. The average Bonchev–Trinajstić information content (AvgIpc) is 2.77. The smallest absolute Gasteiger partial charge is 0.0972 e. The summed E-state index contributed by atoms with van der Waals surface area (Å²) in [5, 5.41) is 4.01. The van der Waals surface area contributed by atoms with Crippen molar-refractivity contribution in [1.82, 2.24) is 4.98 Å². The van der Waals surface area contributed by atoms with Crippen molar-refractivity contribution in [2.45, 2.75) is 39.2 Å². The topological polar surface area (TPSA) is 38.9 Å². The van der Waals surface area contributed by atoms with Crippen LogP contribution in [-0.2, 0) is 18.4 Å². The van der Waals surface area contributed by atoms with Gasteiger partial charge in [-0.05, 0) is 17.2 Å². The second-order valence-corrected chi connectivity index (χ2v) is 7.03. The molecule has 0 saturated carbocycles. The summed E-state index contributed by atoms with van der Waals surface area (Å²) in [5.74, 6) is 0. The zero-order valence-corrected chi connectivity index (χ0v) is 13.1. The van der Waals surface area contributed by atoms with Gasteiger partial charge in [0.2, 0.25) is 0 Å². The Morgan fingerprint density at radius 1 is 1.32 bits per heavy atom. The molecule has 0 aliphatic carbocycles. The lowest BCUT2D eigenvalue weighted by atomic mass is 9.93. The first-order valence-electron chi connectivity index (χ1n) is 6.32. The first-order valence-corrected chi connectivity index (χ1v) is 7.58. The Labute approximate surface area is 123 Å². The van der Waals surface area contributed by atoms with Gasteiger partial charge >= 0.3 is 0 Å². The third-order valence-corrected chi connectivity index (χ3v) is 4.21. The Balaban J connectivity index is 2.17. The van der Waals surface area contributed by atoms with E-state index >= 15 is 0 Å². The Bertz CT molecular complexity index is 570. The van der Waals surface area contributed by atoms with E-state index in [4.69, 9.17) is 22.3 Å². The molecule has 102 valence electrons. The van der Waals surface area contributed by atoms with Gasteiger partial charge in [-0.25, -0.2) is 4.98 Å². The second-order valence-electron chi connectivity index (χ2n) is 5.68. The van der Waals surface area contributed by atoms with E-state index in [0.717, 1.165) is 27.7 Å². The number of nitrogens with two attached hydrogens (primary N) is 1. The summed E-state index contributed by atoms with van der Waals surface area (Å²) in [6.45, 7) is 7.01. The van der Waals surface area contributed by atoms with E-state index in [0.29, 0.717) is 6.54 Å². The summed E-state index contributed by atoms with van der Waals surface area (Å²) < 4.78 is 0. The van der Waals surface area contributed by atoms with Crippen molar-refractivity contribution in [3.8, 4) is 0 Å². The van der Waals surface area contributed by atoms with Gasteiger partial charge in [0.25, 0.3) is 0 Å². The van der Waals surface area contributed by atoms with Gasteiger partial charge in [-0.2, -0.15) is 0 Å². The van der Waals surface area contributed by atoms with Crippen LogP contribution < -0.4 is 5.73 Å². The molecule has 0 saturated heterocycles. The maximum Gasteiger partial charge on any atom is 0.0972 e. The van der Waals surface area contributed by atoms with E-state index < -0.39 is 0 Å². The van der Waals surface area contributed by atoms with Crippen LogP contribution in [0, 0.1) is 0 Å². The normalized spacial score (nSPS) is 11.8. The van der Waals surface area contributed by atoms with Crippen molar-refractivity contribution in [2.75, 3.05) is 0 Å². The minimum atomic E-state index is 0.107. The monoisotopic (exact) mass is 294 g/mol. The predicted octanol–water partition coefficient (Wildman–Crippen LogP) is 4.14. The highest BCUT2D eigenvalue weighted by Crippen LogP contribution is 2.26. The zero-order valence-electron chi connectivity index (χ0n) is 11.5. The summed E-state index contributed by atoms with van der Waals surface area (Å²) >= 11 is 7.88. The molecule has 1 heterocycles. The standard InChI is InChI=1S/C15H19ClN2S/c1-15(2,3)13-9-19-14(18-13)7-10-4-5-11(8-17)12(16)6-10/h4-6,9H,7-8,17H2,1-3H3. The fraction of sp³-hybridized carbons (Fsp3) is 0.400. The summed E-state index contributed by atoms with van der Waals surface area (Å²) in [6.07, 6.45) is 0.825. The van der Waals surface area contributed by atoms with Crippen LogP contribution in [0.2, 0.25) is 5.02 Å². The number of halogens is 1. The first-order chi connectivity index (χ1) is 8.90. The Morgan fingerprint density at radius 3 is 2.58 bits per heavy atom. The Hall–Kier alpha value is -0.900. The fourth-order valence-corrected chi connectivity index (χ4v) is 3.11. The number of hydrogen-bond donors (Lipinski definition) is 1. The van der Waals surface area contributed by atoms with Crippen LogP contribution in [0.4, 0.5) is 0 Å². The molecule has 1 aromatic carbocycles. The molecule has 2 rings (SSSR count). The van der Waals surface area contributed by atoms with Crippen LogP contribution in [0.25, 0.3) is 0 Å². The van der Waals surface area contributed by atoms with Gasteiger partial charge in [0, 0.05) is 28.8 Å². The molecule has 0 aliphatic heterocycles. The van der Waals surface area contributed by atoms with Gasteiger partial charge in [0.15, 0.2) is 0 Å². The quantitative estimate of drug-likeness (QED) is 0.924. The van der Waals surface area contributed by atoms with E-state index in [2.05, 4.69) is 32.2 Å². The highest BCUT2D eigenvalue weighted by Gasteiger charge is 2.17. The maximum atomic E-state index is 6.18. The molecule has 0 fully saturated rings. The fourth-order valence-electron chi connectivity index (χ4n) is 1.78. The zero-order chi connectivity index (χ0) is 14.0. The molecule has 2 aromatic rings. The summed E-state index contributed by atoms with van der Waals surface area (Å²) in [4.78, 5) is 4.70. The highest BCUT2D eigenvalue weighted by atomic mass is 35.5. The number of benzene rings is 1. The van der Waals surface area contributed by atoms with Crippen LogP contribution in [-0.4, -0.2) is 4.98 Å². The van der Waals surface area contributed by atoms with Crippen molar-refractivity contribution in [1.29, 1.82) is 0 Å². The van der Waals surface area contributed by atoms with E-state index in [1.807, 2.05) is 12.1 Å². The third kappa shape index (κ3) is 3.56. The van der Waals surface area contributed by atoms with Gasteiger partial charge in [-0.15, -0.1) is 11.3 Å². The molecule has 2 nitrogen and oxygen atoms in total. The van der Waals surface area contributed by atoms with Crippen LogP contribution >= 0.6 is 22.9 Å². The van der Waals surface area contributed by atoms with Crippen LogP contribution in [0.5, 0.6) is 0 Å². The van der Waals surface area contributed by atoms with Crippen LogP contribution in [0.3, 0.4) is 0 Å². The average molecular weight is 295 g/mol. The molecule has 1 aromatic heterocycles. The van der Waals surface area contributed by atoms with Crippen molar-refractivity contribution in [3.63, 3.8) is 0 Å². The molecule has 4 heteroatoms. The summed E-state index contributed by atoms with van der Waals surface area (Å²) in [5.41, 5.74) is 9.03. The molecule has 0 atom stereocenters. The highest BCUT2D eigenvalue weighted by molar-refractivity contribution is 7.09. The van der Waals surface area contributed by atoms with E-state index in [1.54, 1.807) is 11.3 Å². The molecular weight excluding hydrogens is 276 g/mol. The Kier molecular flexibility index (Phi) is 4.29. The summed E-state index contributed by atoms with van der Waals surface area (Å²) in [7, 11) is 0. The van der Waals surface area contributed by atoms with Crippen molar-refractivity contribution in [3.05, 3.63) is 50.4 Å². The van der Waals surface area contributed by atoms with Crippen molar-refractivity contribution < 1.29 is 0 Å². The SMILES string of the molecule is CC(C)(C)c1csc(Cc2ccc(CN)c(Cl)c2)n1. The number of thiazole rings is 1. The lowest BCUT2D eigenvalue weighted by molar-refractivity contribution is 0.571. The lowest BCUT2D eigenvalue weighted by Crippen LogP contribution is -2.11. The molecule has 2 N–H and O–H groups in total. The van der Waals surface area contributed by atoms with Crippen molar-refractivity contribution in [2.24, 2.45) is 5.73 Å². The minimum Gasteiger partial charge on any atom is -0.326 e. The maximum absolute atomic E-state index is 6.18. The Morgan fingerprint density at radius 2 is 2.05 bits per heavy atom. The van der Waals surface area contributed by atoms with Gasteiger partial charge in [-0.1, -0.05) is 44.5 Å². The summed E-state index contributed by atoms with van der Waals surface area (Å²) in [6, 6.07) is 6.06. The van der Waals surface area contributed by atoms with E-state index in [1.165, 1.54) is 5.56 Å². The molecule has 0 bridgehead atoms. The lowest BCUT2D eigenvalue weighted by Gasteiger charge is -2.14. The van der Waals surface area contributed by atoms with E-state index in [-0.39, 0.29) is 5.41 Å². The first kappa shape index (κ1) is 14.5. The number of aromatic nitrogens is 1. The van der Waals surface area contributed by atoms with Crippen molar-refractivity contribution >= 4 is 22.9 Å². The number of hydrogen-bond acceptors (Lipinski definition) is 3. The third-order valence-electron chi connectivity index (χ3n) is 3.01. The number of nitrogens with zero attached hydrogens (tertiary/aromatic N) is 1. The molecule has 0 unspecified atom stereocenters. The van der Waals surface area contributed by atoms with Gasteiger partial charge < -0.3 is 5.73 Å². The predicted molar refractivity (Wildman–Crippen MR) is 83.0 cm³/mol. The molecule has 0 radical (unpaired) electrons.